The molecule has 1 unspecified atom stereocenters. The van der Waals surface area contributed by atoms with Crippen LogP contribution >= 0.6 is 0 Å². The molecular weight excluding hydrogens is 472 g/mol. The Bertz CT molecular complexity index is 1290. The Labute approximate surface area is 215 Å². The molecule has 4 N–H and O–H groups in total. The fourth-order valence-electron chi connectivity index (χ4n) is 4.63. The Hall–Kier alpha value is -4.05. The van der Waals surface area contributed by atoms with Gasteiger partial charge < -0.3 is 10.6 Å². The molecule has 0 saturated heterocycles. The summed E-state index contributed by atoms with van der Waals surface area (Å²) in [4.78, 5) is 36.6. The van der Waals surface area contributed by atoms with Gasteiger partial charge >= 0.3 is 0 Å². The molecule has 10 nitrogen and oxygen atoms in total. The van der Waals surface area contributed by atoms with Crippen molar-refractivity contribution in [2.75, 3.05) is 5.32 Å². The second-order valence-electron chi connectivity index (χ2n) is 9.76. The number of rotatable bonds is 11. The summed E-state index contributed by atoms with van der Waals surface area (Å²) < 4.78 is 1.56. The second-order valence-corrected chi connectivity index (χ2v) is 9.76. The lowest BCUT2D eigenvalue weighted by atomic mass is 9.93. The minimum Gasteiger partial charge on any atom is -0.350 e. The van der Waals surface area contributed by atoms with Crippen LogP contribution in [-0.2, 0) is 33.9 Å². The number of amides is 3. The van der Waals surface area contributed by atoms with E-state index in [1.807, 2.05) is 38.1 Å². The summed E-state index contributed by atoms with van der Waals surface area (Å²) >= 11 is 0. The van der Waals surface area contributed by atoms with E-state index in [1.54, 1.807) is 16.4 Å². The molecule has 0 saturated carbocycles. The van der Waals surface area contributed by atoms with E-state index in [0.29, 0.717) is 18.7 Å². The molecule has 1 aliphatic rings. The molecule has 0 bridgehead atoms. The van der Waals surface area contributed by atoms with Crippen LogP contribution in [0.1, 0.15) is 49.9 Å². The van der Waals surface area contributed by atoms with E-state index in [4.69, 9.17) is 5.21 Å². The van der Waals surface area contributed by atoms with Crippen molar-refractivity contribution in [3.05, 3.63) is 65.5 Å². The quantitative estimate of drug-likeness (QED) is 0.183. The van der Waals surface area contributed by atoms with Crippen LogP contribution < -0.4 is 16.1 Å². The van der Waals surface area contributed by atoms with E-state index in [9.17, 15) is 14.4 Å². The number of aromatic nitrogens is 3. The first-order chi connectivity index (χ1) is 17.8. The molecule has 2 aromatic carbocycles. The van der Waals surface area contributed by atoms with Crippen LogP contribution in [0.5, 0.6) is 0 Å². The molecule has 37 heavy (non-hydrogen) atoms. The third-order valence-electron chi connectivity index (χ3n) is 6.36. The van der Waals surface area contributed by atoms with Crippen LogP contribution in [0.25, 0.3) is 11.1 Å². The Balaban J connectivity index is 1.24. The average molecular weight is 505 g/mol. The molecule has 3 amide bonds. The van der Waals surface area contributed by atoms with Gasteiger partial charge in [-0.3, -0.25) is 24.3 Å². The maximum atomic E-state index is 12.6. The van der Waals surface area contributed by atoms with Crippen LogP contribution in [0.2, 0.25) is 0 Å². The lowest BCUT2D eigenvalue weighted by molar-refractivity contribution is -0.135. The summed E-state index contributed by atoms with van der Waals surface area (Å²) in [6.07, 6.45) is 3.18. The smallest absolute Gasteiger partial charge is 0.244 e. The third kappa shape index (κ3) is 6.79. The molecule has 1 aromatic heterocycles. The van der Waals surface area contributed by atoms with Gasteiger partial charge in [0.25, 0.3) is 0 Å². The Morgan fingerprint density at radius 2 is 1.84 bits per heavy atom. The van der Waals surface area contributed by atoms with Crippen molar-refractivity contribution in [3.63, 3.8) is 0 Å². The van der Waals surface area contributed by atoms with Gasteiger partial charge in [-0.05, 0) is 53.1 Å². The number of benzene rings is 2. The van der Waals surface area contributed by atoms with Crippen LogP contribution in [0.3, 0.4) is 0 Å². The van der Waals surface area contributed by atoms with E-state index >= 15 is 0 Å². The molecule has 1 atom stereocenters. The minimum atomic E-state index is -0.602. The molecule has 1 aliphatic carbocycles. The van der Waals surface area contributed by atoms with Crippen molar-refractivity contribution in [2.24, 2.45) is 11.8 Å². The Kier molecular flexibility index (Phi) is 8.29. The van der Waals surface area contributed by atoms with Gasteiger partial charge in [0.2, 0.25) is 17.7 Å². The van der Waals surface area contributed by atoms with E-state index in [2.05, 4.69) is 39.1 Å². The summed E-state index contributed by atoms with van der Waals surface area (Å²) in [6, 6.07) is 14.3. The lowest BCUT2D eigenvalue weighted by Gasteiger charge is -2.17. The van der Waals surface area contributed by atoms with Gasteiger partial charge in [0.05, 0.1) is 19.3 Å². The number of carbonyl (C=O) groups is 3. The maximum absolute atomic E-state index is 12.6. The number of carbonyl (C=O) groups excluding carboxylic acids is 3. The number of anilines is 1. The highest BCUT2D eigenvalue weighted by Crippen LogP contribution is 2.37. The molecule has 0 fully saturated rings. The molecule has 0 aliphatic heterocycles. The number of nitrogens with zero attached hydrogens (tertiary/aromatic N) is 3. The lowest BCUT2D eigenvalue weighted by Crippen LogP contribution is -2.34. The monoisotopic (exact) mass is 504 g/mol. The first-order valence-electron chi connectivity index (χ1n) is 12.4. The normalized spacial score (nSPS) is 12.5. The van der Waals surface area contributed by atoms with Crippen LogP contribution in [0.15, 0.2) is 48.7 Å². The van der Waals surface area contributed by atoms with Crippen LogP contribution in [-0.4, -0.2) is 37.9 Å². The fraction of sp³-hybridized carbons (Fsp3) is 0.370. The second kappa shape index (κ2) is 11.8. The highest BCUT2D eigenvalue weighted by atomic mass is 16.5. The predicted octanol–water partition coefficient (Wildman–Crippen LogP) is 3.05. The van der Waals surface area contributed by atoms with Gasteiger partial charge in [-0.25, -0.2) is 5.48 Å². The van der Waals surface area contributed by atoms with Crippen LogP contribution in [0, 0.1) is 11.8 Å². The predicted molar refractivity (Wildman–Crippen MR) is 137 cm³/mol. The zero-order chi connectivity index (χ0) is 26.4. The number of nitrogens with one attached hydrogen (secondary N) is 3. The maximum Gasteiger partial charge on any atom is 0.244 e. The van der Waals surface area contributed by atoms with Gasteiger partial charge in [0.1, 0.15) is 5.69 Å². The standard InChI is InChI=1S/C27H32N6O4/c1-17(2)11-20(14-26(35)31-37)27(36)28-15-22-16-33(32-30-22)10-9-25(34)29-21-7-8-24-19(13-21)12-18-5-3-4-6-23(18)24/h3-8,13,16-17,20,37H,9-12,14-15H2,1-2H3,(H,28,36)(H,29,34)(H,31,35). The zero-order valence-electron chi connectivity index (χ0n) is 21.0. The number of hydroxylamine groups is 1. The van der Waals surface area contributed by atoms with E-state index in [-0.39, 0.29) is 37.1 Å². The van der Waals surface area contributed by atoms with E-state index in [1.165, 1.54) is 22.3 Å². The van der Waals surface area contributed by atoms with Crippen LogP contribution in [0.4, 0.5) is 5.69 Å². The summed E-state index contributed by atoms with van der Waals surface area (Å²) in [5, 5.41) is 22.6. The number of fused-ring (bicyclic) bond motifs is 3. The molecule has 1 heterocycles. The molecular formula is C27H32N6O4. The number of hydrogen-bond donors (Lipinski definition) is 4. The Morgan fingerprint density at radius 1 is 1.05 bits per heavy atom. The molecule has 4 rings (SSSR count). The van der Waals surface area contributed by atoms with Gasteiger partial charge in [0, 0.05) is 24.4 Å². The van der Waals surface area contributed by atoms with Crippen molar-refractivity contribution >= 4 is 23.4 Å². The van der Waals surface area contributed by atoms with Gasteiger partial charge in [0.15, 0.2) is 0 Å². The van der Waals surface area contributed by atoms with Crippen molar-refractivity contribution in [2.45, 2.75) is 52.6 Å². The minimum absolute atomic E-state index is 0.0977. The largest absolute Gasteiger partial charge is 0.350 e. The highest BCUT2D eigenvalue weighted by molar-refractivity contribution is 5.91. The summed E-state index contributed by atoms with van der Waals surface area (Å²) in [5.41, 5.74) is 7.85. The van der Waals surface area contributed by atoms with Crippen molar-refractivity contribution in [3.8, 4) is 11.1 Å². The van der Waals surface area contributed by atoms with E-state index in [0.717, 1.165) is 12.1 Å². The van der Waals surface area contributed by atoms with Gasteiger partial charge in [-0.2, -0.15) is 0 Å². The van der Waals surface area contributed by atoms with Gasteiger partial charge in [-0.1, -0.05) is 49.4 Å². The average Bonchev–Trinajstić information content (AvgIpc) is 3.49. The molecule has 0 radical (unpaired) electrons. The number of aryl methyl sites for hydroxylation is 1. The fourth-order valence-corrected chi connectivity index (χ4v) is 4.63. The summed E-state index contributed by atoms with van der Waals surface area (Å²) in [5.74, 6) is -1.36. The van der Waals surface area contributed by atoms with Crippen molar-refractivity contribution < 1.29 is 19.6 Å². The van der Waals surface area contributed by atoms with E-state index < -0.39 is 11.8 Å². The van der Waals surface area contributed by atoms with Crippen molar-refractivity contribution in [1.29, 1.82) is 0 Å². The summed E-state index contributed by atoms with van der Waals surface area (Å²) in [6.45, 7) is 4.41. The zero-order valence-corrected chi connectivity index (χ0v) is 21.0. The third-order valence-corrected chi connectivity index (χ3v) is 6.36. The molecule has 3 aromatic rings. The Morgan fingerprint density at radius 3 is 2.62 bits per heavy atom. The SMILES string of the molecule is CC(C)CC(CC(=O)NO)C(=O)NCc1cn(CCC(=O)Nc2ccc3c(c2)Cc2ccccc2-3)nn1. The topological polar surface area (TPSA) is 138 Å². The number of hydrogen-bond acceptors (Lipinski definition) is 6. The molecule has 194 valence electrons. The molecule has 10 heteroatoms. The highest BCUT2D eigenvalue weighted by Gasteiger charge is 2.23. The first kappa shape index (κ1) is 26.0. The molecule has 0 spiro atoms. The van der Waals surface area contributed by atoms with Gasteiger partial charge in [-0.15, -0.1) is 5.10 Å². The van der Waals surface area contributed by atoms with Crippen molar-refractivity contribution in [1.82, 2.24) is 25.8 Å². The summed E-state index contributed by atoms with van der Waals surface area (Å²) in [7, 11) is 0. The first-order valence-corrected chi connectivity index (χ1v) is 12.4.